The highest BCUT2D eigenvalue weighted by atomic mass is 16.5. The lowest BCUT2D eigenvalue weighted by Gasteiger charge is -2.05. The van der Waals surface area contributed by atoms with E-state index in [1.165, 1.54) is 0 Å². The molecule has 0 aromatic heterocycles. The van der Waals surface area contributed by atoms with E-state index in [1.807, 2.05) is 31.2 Å². The number of benzene rings is 2. The van der Waals surface area contributed by atoms with Gasteiger partial charge in [-0.05, 0) is 60.5 Å². The highest BCUT2D eigenvalue weighted by molar-refractivity contribution is 5.95. The van der Waals surface area contributed by atoms with Crippen LogP contribution in [0.15, 0.2) is 66.3 Å². The molecule has 2 rings (SSSR count). The number of nitrogens with one attached hydrogen (secondary N) is 1. The number of ether oxygens (including phenoxy) is 2. The van der Waals surface area contributed by atoms with Gasteiger partial charge in [0.15, 0.2) is 0 Å². The minimum atomic E-state index is -0.274. The minimum Gasteiger partial charge on any atom is -0.494 e. The molecule has 0 spiro atoms. The smallest absolute Gasteiger partial charge is 0.271 e. The van der Waals surface area contributed by atoms with Gasteiger partial charge in [0, 0.05) is 5.56 Å². The van der Waals surface area contributed by atoms with Crippen LogP contribution in [0.3, 0.4) is 0 Å². The van der Waals surface area contributed by atoms with Crippen molar-refractivity contribution in [1.29, 1.82) is 0 Å². The highest BCUT2D eigenvalue weighted by Crippen LogP contribution is 2.13. The van der Waals surface area contributed by atoms with Gasteiger partial charge in [-0.1, -0.05) is 19.6 Å². The Morgan fingerprint density at radius 3 is 2.36 bits per heavy atom. The first-order valence-corrected chi connectivity index (χ1v) is 8.13. The number of carbonyl (C=O) groups is 1. The summed E-state index contributed by atoms with van der Waals surface area (Å²) in [4.78, 5) is 12.0. The zero-order valence-corrected chi connectivity index (χ0v) is 14.3. The summed E-state index contributed by atoms with van der Waals surface area (Å²) in [5, 5.41) is 3.97. The molecule has 0 aliphatic carbocycles. The SMILES string of the molecule is C=CCOc1ccc(/C=N/NC(=O)c2ccc(OCCC)cc2)cc1. The van der Waals surface area contributed by atoms with E-state index in [-0.39, 0.29) is 5.91 Å². The lowest BCUT2D eigenvalue weighted by Crippen LogP contribution is -2.17. The molecule has 5 heteroatoms. The number of nitrogens with zero attached hydrogens (tertiary/aromatic N) is 1. The van der Waals surface area contributed by atoms with Crippen LogP contribution < -0.4 is 14.9 Å². The average Bonchev–Trinajstić information content (AvgIpc) is 2.66. The fraction of sp³-hybridized carbons (Fsp3) is 0.200. The molecule has 0 aliphatic heterocycles. The first-order chi connectivity index (χ1) is 12.2. The third-order valence-corrected chi connectivity index (χ3v) is 3.22. The van der Waals surface area contributed by atoms with Gasteiger partial charge in [0.25, 0.3) is 5.91 Å². The topological polar surface area (TPSA) is 59.9 Å². The van der Waals surface area contributed by atoms with Crippen LogP contribution in [0.2, 0.25) is 0 Å². The summed E-state index contributed by atoms with van der Waals surface area (Å²) in [7, 11) is 0. The van der Waals surface area contributed by atoms with Gasteiger partial charge < -0.3 is 9.47 Å². The third-order valence-electron chi connectivity index (χ3n) is 3.22. The number of hydrogen-bond acceptors (Lipinski definition) is 4. The Balaban J connectivity index is 1.86. The predicted octanol–water partition coefficient (Wildman–Crippen LogP) is 3.80. The van der Waals surface area contributed by atoms with Crippen LogP contribution in [0, 0.1) is 0 Å². The van der Waals surface area contributed by atoms with Gasteiger partial charge in [0.05, 0.1) is 12.8 Å². The fourth-order valence-corrected chi connectivity index (χ4v) is 1.96. The number of hydrogen-bond donors (Lipinski definition) is 1. The van der Waals surface area contributed by atoms with Crippen molar-refractivity contribution in [3.8, 4) is 11.5 Å². The number of amides is 1. The summed E-state index contributed by atoms with van der Waals surface area (Å²) in [5.41, 5.74) is 3.88. The molecule has 0 saturated carbocycles. The van der Waals surface area contributed by atoms with Gasteiger partial charge >= 0.3 is 0 Å². The van der Waals surface area contributed by atoms with Crippen LogP contribution in [-0.4, -0.2) is 25.3 Å². The molecule has 0 atom stereocenters. The molecule has 1 amide bonds. The molecule has 2 aromatic rings. The zero-order valence-electron chi connectivity index (χ0n) is 14.3. The molecule has 0 heterocycles. The highest BCUT2D eigenvalue weighted by Gasteiger charge is 2.04. The molecule has 0 bridgehead atoms. The molecule has 2 aromatic carbocycles. The molecule has 25 heavy (non-hydrogen) atoms. The van der Waals surface area contributed by atoms with Crippen LogP contribution in [-0.2, 0) is 0 Å². The van der Waals surface area contributed by atoms with Crippen molar-refractivity contribution in [3.05, 3.63) is 72.3 Å². The summed E-state index contributed by atoms with van der Waals surface area (Å²) in [5.74, 6) is 1.23. The van der Waals surface area contributed by atoms with Crippen molar-refractivity contribution in [2.24, 2.45) is 5.10 Å². The standard InChI is InChI=1S/C20H22N2O3/c1-3-13-24-18-9-5-16(6-10-18)15-21-22-20(23)17-7-11-19(12-8-17)25-14-4-2/h3,5-12,15H,1,4,13-14H2,2H3,(H,22,23)/b21-15+. The van der Waals surface area contributed by atoms with Gasteiger partial charge in [-0.2, -0.15) is 5.10 Å². The van der Waals surface area contributed by atoms with Gasteiger partial charge in [-0.3, -0.25) is 4.79 Å². The first-order valence-electron chi connectivity index (χ1n) is 8.13. The van der Waals surface area contributed by atoms with E-state index >= 15 is 0 Å². The van der Waals surface area contributed by atoms with Gasteiger partial charge in [-0.15, -0.1) is 0 Å². The van der Waals surface area contributed by atoms with E-state index in [9.17, 15) is 4.79 Å². The molecular formula is C20H22N2O3. The summed E-state index contributed by atoms with van der Waals surface area (Å²) >= 11 is 0. The predicted molar refractivity (Wildman–Crippen MR) is 99.4 cm³/mol. The maximum atomic E-state index is 12.0. The Bertz CT molecular complexity index is 707. The number of carbonyl (C=O) groups excluding carboxylic acids is 1. The van der Waals surface area contributed by atoms with E-state index in [2.05, 4.69) is 17.1 Å². The van der Waals surface area contributed by atoms with E-state index in [4.69, 9.17) is 9.47 Å². The van der Waals surface area contributed by atoms with Gasteiger partial charge in [-0.25, -0.2) is 5.43 Å². The molecular weight excluding hydrogens is 316 g/mol. The van der Waals surface area contributed by atoms with E-state index in [0.29, 0.717) is 18.8 Å². The number of rotatable bonds is 9. The molecule has 1 N–H and O–H groups in total. The molecule has 0 saturated heterocycles. The van der Waals surface area contributed by atoms with Crippen molar-refractivity contribution in [2.75, 3.05) is 13.2 Å². The minimum absolute atomic E-state index is 0.274. The zero-order chi connectivity index (χ0) is 17.9. The average molecular weight is 338 g/mol. The Kier molecular flexibility index (Phi) is 7.25. The van der Waals surface area contributed by atoms with Gasteiger partial charge in [0.2, 0.25) is 0 Å². The van der Waals surface area contributed by atoms with E-state index in [1.54, 1.807) is 36.6 Å². The molecule has 5 nitrogen and oxygen atoms in total. The second-order valence-electron chi connectivity index (χ2n) is 5.24. The summed E-state index contributed by atoms with van der Waals surface area (Å²) in [6.07, 6.45) is 4.21. The monoisotopic (exact) mass is 338 g/mol. The maximum Gasteiger partial charge on any atom is 0.271 e. The Morgan fingerprint density at radius 2 is 1.72 bits per heavy atom. The maximum absolute atomic E-state index is 12.0. The van der Waals surface area contributed by atoms with Crippen molar-refractivity contribution >= 4 is 12.1 Å². The van der Waals surface area contributed by atoms with Crippen molar-refractivity contribution in [1.82, 2.24) is 5.43 Å². The molecule has 130 valence electrons. The number of hydrazone groups is 1. The molecule has 0 aliphatic rings. The van der Waals surface area contributed by atoms with Gasteiger partial charge in [0.1, 0.15) is 18.1 Å². The van der Waals surface area contributed by atoms with Crippen molar-refractivity contribution in [3.63, 3.8) is 0 Å². The Morgan fingerprint density at radius 1 is 1.08 bits per heavy atom. The lowest BCUT2D eigenvalue weighted by molar-refractivity contribution is 0.0955. The van der Waals surface area contributed by atoms with Crippen molar-refractivity contribution < 1.29 is 14.3 Å². The molecule has 0 radical (unpaired) electrons. The Hall–Kier alpha value is -3.08. The van der Waals surface area contributed by atoms with Crippen LogP contribution in [0.4, 0.5) is 0 Å². The van der Waals surface area contributed by atoms with E-state index in [0.717, 1.165) is 23.5 Å². The fourth-order valence-electron chi connectivity index (χ4n) is 1.96. The lowest BCUT2D eigenvalue weighted by atomic mass is 10.2. The van der Waals surface area contributed by atoms with Crippen molar-refractivity contribution in [2.45, 2.75) is 13.3 Å². The Labute approximate surface area is 148 Å². The van der Waals surface area contributed by atoms with E-state index < -0.39 is 0 Å². The quantitative estimate of drug-likeness (QED) is 0.430. The third kappa shape index (κ3) is 6.14. The first kappa shape index (κ1) is 18.3. The summed E-state index contributed by atoms with van der Waals surface area (Å²) in [6.45, 7) is 6.77. The molecule has 0 unspecified atom stereocenters. The second-order valence-corrected chi connectivity index (χ2v) is 5.24. The second kappa shape index (κ2) is 9.93. The summed E-state index contributed by atoms with van der Waals surface area (Å²) < 4.78 is 10.9. The summed E-state index contributed by atoms with van der Waals surface area (Å²) in [6, 6.07) is 14.3. The normalized spacial score (nSPS) is 10.4. The van der Waals surface area contributed by atoms with Crippen LogP contribution in [0.25, 0.3) is 0 Å². The van der Waals surface area contributed by atoms with Crippen LogP contribution >= 0.6 is 0 Å². The largest absolute Gasteiger partial charge is 0.494 e. The molecule has 0 fully saturated rings. The van der Waals surface area contributed by atoms with Crippen LogP contribution in [0.1, 0.15) is 29.3 Å². The van der Waals surface area contributed by atoms with Crippen LogP contribution in [0.5, 0.6) is 11.5 Å².